The van der Waals surface area contributed by atoms with Crippen LogP contribution in [0.1, 0.15) is 40.2 Å². The molecule has 2 aromatic rings. The highest BCUT2D eigenvalue weighted by Crippen LogP contribution is 2.35. The molecule has 0 aromatic heterocycles. The molecule has 20 heavy (non-hydrogen) atoms. The molecular formula is C17H14BrClO. The molecular weight excluding hydrogens is 336 g/mol. The number of rotatable bonds is 2. The molecule has 1 nitrogen and oxygen atoms in total. The van der Waals surface area contributed by atoms with Crippen LogP contribution in [0.4, 0.5) is 0 Å². The van der Waals surface area contributed by atoms with E-state index in [1.165, 1.54) is 11.1 Å². The highest BCUT2D eigenvalue weighted by molar-refractivity contribution is 9.10. The van der Waals surface area contributed by atoms with Crippen molar-refractivity contribution in [1.29, 1.82) is 0 Å². The molecule has 0 bridgehead atoms. The first-order valence-corrected chi connectivity index (χ1v) is 7.91. The summed E-state index contributed by atoms with van der Waals surface area (Å²) in [5.41, 5.74) is 3.09. The Kier molecular flexibility index (Phi) is 3.95. The van der Waals surface area contributed by atoms with Gasteiger partial charge in [-0.15, -0.1) is 0 Å². The Morgan fingerprint density at radius 2 is 2.00 bits per heavy atom. The van der Waals surface area contributed by atoms with Gasteiger partial charge in [0.1, 0.15) is 0 Å². The van der Waals surface area contributed by atoms with Crippen LogP contribution in [-0.2, 0) is 6.42 Å². The third-order valence-corrected chi connectivity index (χ3v) is 4.69. The number of ketones is 1. The predicted octanol–water partition coefficient (Wildman–Crippen LogP) is 5.41. The van der Waals surface area contributed by atoms with E-state index in [1.54, 1.807) is 6.07 Å². The molecule has 0 saturated heterocycles. The zero-order chi connectivity index (χ0) is 14.1. The number of benzene rings is 2. The summed E-state index contributed by atoms with van der Waals surface area (Å²) < 4.78 is 0.892. The van der Waals surface area contributed by atoms with E-state index in [9.17, 15) is 4.79 Å². The summed E-state index contributed by atoms with van der Waals surface area (Å²) in [5.74, 6) is 0.0771. The molecule has 102 valence electrons. The molecule has 0 heterocycles. The van der Waals surface area contributed by atoms with Crippen molar-refractivity contribution in [2.24, 2.45) is 0 Å². The van der Waals surface area contributed by atoms with E-state index in [2.05, 4.69) is 28.1 Å². The van der Waals surface area contributed by atoms with Gasteiger partial charge in [0.05, 0.1) is 5.02 Å². The van der Waals surface area contributed by atoms with E-state index in [0.29, 0.717) is 10.6 Å². The Morgan fingerprint density at radius 1 is 1.20 bits per heavy atom. The number of aryl methyl sites for hydroxylation is 1. The third kappa shape index (κ3) is 2.55. The van der Waals surface area contributed by atoms with Gasteiger partial charge in [0.25, 0.3) is 0 Å². The molecule has 3 heteroatoms. The van der Waals surface area contributed by atoms with Crippen LogP contribution in [0.15, 0.2) is 46.9 Å². The van der Waals surface area contributed by atoms with Crippen LogP contribution in [0.25, 0.3) is 0 Å². The number of hydrogen-bond donors (Lipinski definition) is 0. The minimum atomic E-state index is -0.0568. The van der Waals surface area contributed by atoms with Gasteiger partial charge in [0.15, 0.2) is 5.78 Å². The Balaban J connectivity index is 2.00. The third-order valence-electron chi connectivity index (χ3n) is 3.88. The van der Waals surface area contributed by atoms with E-state index < -0.39 is 0 Å². The number of carbonyl (C=O) groups is 1. The van der Waals surface area contributed by atoms with Crippen LogP contribution >= 0.6 is 27.5 Å². The highest BCUT2D eigenvalue weighted by atomic mass is 79.9. The number of carbonyl (C=O) groups excluding carboxylic acids is 1. The van der Waals surface area contributed by atoms with Gasteiger partial charge >= 0.3 is 0 Å². The first-order chi connectivity index (χ1) is 9.66. The second kappa shape index (κ2) is 5.71. The quantitative estimate of drug-likeness (QED) is 0.663. The fourth-order valence-corrected chi connectivity index (χ4v) is 3.67. The van der Waals surface area contributed by atoms with Gasteiger partial charge in [-0.05, 0) is 48.6 Å². The van der Waals surface area contributed by atoms with Gasteiger partial charge in [-0.2, -0.15) is 0 Å². The van der Waals surface area contributed by atoms with Crippen molar-refractivity contribution in [3.8, 4) is 0 Å². The molecule has 0 spiro atoms. The Hall–Kier alpha value is -1.12. The molecule has 0 amide bonds. The number of hydrogen-bond acceptors (Lipinski definition) is 1. The zero-order valence-electron chi connectivity index (χ0n) is 10.9. The smallest absolute Gasteiger partial charge is 0.171 e. The standard InChI is InChI=1S/C17H14BrClO/c18-12-8-9-15(16(19)10-12)17(20)14-7-3-5-11-4-1-2-6-13(11)14/h1-2,4,6,8-10,14H,3,5,7H2. The first-order valence-electron chi connectivity index (χ1n) is 6.74. The van der Waals surface area contributed by atoms with E-state index >= 15 is 0 Å². The average Bonchev–Trinajstić information content (AvgIpc) is 2.46. The van der Waals surface area contributed by atoms with Gasteiger partial charge in [-0.3, -0.25) is 4.79 Å². The van der Waals surface area contributed by atoms with Crippen molar-refractivity contribution >= 4 is 33.3 Å². The molecule has 0 saturated carbocycles. The molecule has 3 rings (SSSR count). The van der Waals surface area contributed by atoms with Crippen molar-refractivity contribution in [2.45, 2.75) is 25.2 Å². The Labute approximate surface area is 132 Å². The monoisotopic (exact) mass is 348 g/mol. The minimum Gasteiger partial charge on any atom is -0.293 e. The van der Waals surface area contributed by atoms with Crippen LogP contribution in [0, 0.1) is 0 Å². The Bertz CT molecular complexity index is 666. The summed E-state index contributed by atoms with van der Waals surface area (Å²) in [7, 11) is 0. The van der Waals surface area contributed by atoms with Crippen LogP contribution in [0.2, 0.25) is 5.02 Å². The van der Waals surface area contributed by atoms with Gasteiger partial charge in [0, 0.05) is 16.0 Å². The second-order valence-electron chi connectivity index (χ2n) is 5.13. The predicted molar refractivity (Wildman–Crippen MR) is 85.6 cm³/mol. The summed E-state index contributed by atoms with van der Waals surface area (Å²) in [6.07, 6.45) is 3.03. The minimum absolute atomic E-state index is 0.0568. The second-order valence-corrected chi connectivity index (χ2v) is 6.45. The molecule has 0 fully saturated rings. The molecule has 0 radical (unpaired) electrons. The van der Waals surface area contributed by atoms with E-state index in [4.69, 9.17) is 11.6 Å². The summed E-state index contributed by atoms with van der Waals surface area (Å²) in [4.78, 5) is 12.8. The maximum Gasteiger partial charge on any atom is 0.171 e. The van der Waals surface area contributed by atoms with Gasteiger partial charge in [0.2, 0.25) is 0 Å². The van der Waals surface area contributed by atoms with Crippen molar-refractivity contribution < 1.29 is 4.79 Å². The van der Waals surface area contributed by atoms with Crippen LogP contribution in [0.3, 0.4) is 0 Å². The summed E-state index contributed by atoms with van der Waals surface area (Å²) in [6.45, 7) is 0. The lowest BCUT2D eigenvalue weighted by Gasteiger charge is -2.24. The lowest BCUT2D eigenvalue weighted by atomic mass is 9.79. The topological polar surface area (TPSA) is 17.1 Å². The van der Waals surface area contributed by atoms with Crippen LogP contribution in [-0.4, -0.2) is 5.78 Å². The molecule has 1 aliphatic carbocycles. The Morgan fingerprint density at radius 3 is 2.80 bits per heavy atom. The normalized spacial score (nSPS) is 17.6. The SMILES string of the molecule is O=C(c1ccc(Br)cc1Cl)C1CCCc2ccccc21. The van der Waals surface area contributed by atoms with E-state index in [0.717, 1.165) is 23.7 Å². The lowest BCUT2D eigenvalue weighted by Crippen LogP contribution is -2.19. The van der Waals surface area contributed by atoms with Crippen LogP contribution < -0.4 is 0 Å². The van der Waals surface area contributed by atoms with E-state index in [1.807, 2.05) is 24.3 Å². The maximum atomic E-state index is 12.8. The largest absolute Gasteiger partial charge is 0.293 e. The number of fused-ring (bicyclic) bond motifs is 1. The molecule has 1 unspecified atom stereocenters. The molecule has 0 aliphatic heterocycles. The van der Waals surface area contributed by atoms with E-state index in [-0.39, 0.29) is 11.7 Å². The first kappa shape index (κ1) is 13.8. The fourth-order valence-electron chi connectivity index (χ4n) is 2.90. The van der Waals surface area contributed by atoms with Crippen molar-refractivity contribution in [1.82, 2.24) is 0 Å². The van der Waals surface area contributed by atoms with Gasteiger partial charge < -0.3 is 0 Å². The summed E-state index contributed by atoms with van der Waals surface area (Å²) in [5, 5.41) is 0.521. The number of Topliss-reactive ketones (excluding diaryl/α,β-unsaturated/α-hetero) is 1. The van der Waals surface area contributed by atoms with Crippen molar-refractivity contribution in [2.75, 3.05) is 0 Å². The van der Waals surface area contributed by atoms with Crippen molar-refractivity contribution in [3.63, 3.8) is 0 Å². The van der Waals surface area contributed by atoms with Crippen LogP contribution in [0.5, 0.6) is 0 Å². The zero-order valence-corrected chi connectivity index (χ0v) is 13.2. The average molecular weight is 350 g/mol. The van der Waals surface area contributed by atoms with Gasteiger partial charge in [-0.25, -0.2) is 0 Å². The lowest BCUT2D eigenvalue weighted by molar-refractivity contribution is 0.0951. The molecule has 0 N–H and O–H groups in total. The number of halogens is 2. The molecule has 1 atom stereocenters. The van der Waals surface area contributed by atoms with Gasteiger partial charge in [-0.1, -0.05) is 51.8 Å². The molecule has 2 aromatic carbocycles. The summed E-state index contributed by atoms with van der Waals surface area (Å²) in [6, 6.07) is 13.7. The van der Waals surface area contributed by atoms with Crippen molar-refractivity contribution in [3.05, 3.63) is 68.7 Å². The summed E-state index contributed by atoms with van der Waals surface area (Å²) >= 11 is 9.59. The maximum absolute atomic E-state index is 12.8. The highest BCUT2D eigenvalue weighted by Gasteiger charge is 2.28. The fraction of sp³-hybridized carbons (Fsp3) is 0.235. The molecule has 1 aliphatic rings.